The van der Waals surface area contributed by atoms with E-state index in [0.29, 0.717) is 11.1 Å². The smallest absolute Gasteiger partial charge is 0.185 e. The van der Waals surface area contributed by atoms with Crippen LogP contribution in [0.4, 0.5) is 0 Å². The molecule has 2 rings (SSSR count). The first-order valence-electron chi connectivity index (χ1n) is 6.05. The molecule has 0 unspecified atom stereocenters. The van der Waals surface area contributed by atoms with Gasteiger partial charge in [0.05, 0.1) is 12.1 Å². The van der Waals surface area contributed by atoms with Crippen molar-refractivity contribution >= 4 is 39.4 Å². The van der Waals surface area contributed by atoms with E-state index in [1.165, 1.54) is 13.2 Å². The number of benzene rings is 2. The van der Waals surface area contributed by atoms with Crippen molar-refractivity contribution < 1.29 is 14.6 Å². The predicted octanol–water partition coefficient (Wildman–Crippen LogP) is 4.71. The van der Waals surface area contributed by atoms with Crippen LogP contribution in [-0.4, -0.2) is 18.0 Å². The molecule has 0 radical (unpaired) electrons. The molecule has 0 amide bonds. The van der Waals surface area contributed by atoms with Gasteiger partial charge in [-0.2, -0.15) is 0 Å². The number of hydrogen-bond acceptors (Lipinski definition) is 3. The summed E-state index contributed by atoms with van der Waals surface area (Å²) in [5.41, 5.74) is 1.25. The fourth-order valence-electron chi connectivity index (χ4n) is 1.76. The molecular weight excluding hydrogens is 356 g/mol. The van der Waals surface area contributed by atoms with E-state index in [9.17, 15) is 9.90 Å². The highest BCUT2D eigenvalue weighted by atomic mass is 79.9. The molecule has 0 aliphatic heterocycles. The molecule has 21 heavy (non-hydrogen) atoms. The molecule has 0 saturated carbocycles. The Morgan fingerprint density at radius 1 is 1.33 bits per heavy atom. The van der Waals surface area contributed by atoms with Gasteiger partial charge in [-0.3, -0.25) is 4.79 Å². The van der Waals surface area contributed by atoms with Crippen molar-refractivity contribution in [2.75, 3.05) is 7.11 Å². The third-order valence-corrected chi connectivity index (χ3v) is 3.59. The number of aromatic hydroxyl groups is 1. The van der Waals surface area contributed by atoms with Crippen molar-refractivity contribution in [1.29, 1.82) is 0 Å². The van der Waals surface area contributed by atoms with Gasteiger partial charge >= 0.3 is 0 Å². The Bertz CT molecular complexity index is 711. The van der Waals surface area contributed by atoms with Gasteiger partial charge in [0.15, 0.2) is 17.3 Å². The van der Waals surface area contributed by atoms with Gasteiger partial charge in [0.1, 0.15) is 0 Å². The second-order valence-corrected chi connectivity index (χ2v) is 5.58. The lowest BCUT2D eigenvalue weighted by Crippen LogP contribution is -1.93. The lowest BCUT2D eigenvalue weighted by atomic mass is 10.1. The minimum absolute atomic E-state index is 0.116. The second kappa shape index (κ2) is 6.78. The largest absolute Gasteiger partial charge is 0.503 e. The van der Waals surface area contributed by atoms with Crippen LogP contribution < -0.4 is 4.74 Å². The second-order valence-electron chi connectivity index (χ2n) is 4.26. The standard InChI is InChI=1S/C16H12BrClO3/c1-21-15-8-10(7-13(18)16(15)20)5-6-14(19)11-3-2-4-12(17)9-11/h2-9,20H,1H3/b6-5+. The van der Waals surface area contributed by atoms with Gasteiger partial charge in [-0.05, 0) is 35.9 Å². The molecular formula is C16H12BrClO3. The summed E-state index contributed by atoms with van der Waals surface area (Å²) in [7, 11) is 1.44. The molecule has 0 saturated heterocycles. The number of methoxy groups -OCH3 is 1. The fourth-order valence-corrected chi connectivity index (χ4v) is 2.37. The number of allylic oxidation sites excluding steroid dienone is 1. The lowest BCUT2D eigenvalue weighted by molar-refractivity contribution is 0.104. The molecule has 3 nitrogen and oxygen atoms in total. The van der Waals surface area contributed by atoms with Crippen molar-refractivity contribution in [2.45, 2.75) is 0 Å². The average molecular weight is 368 g/mol. The Balaban J connectivity index is 2.25. The average Bonchev–Trinajstić information content (AvgIpc) is 2.48. The topological polar surface area (TPSA) is 46.5 Å². The number of hydrogen-bond donors (Lipinski definition) is 1. The maximum Gasteiger partial charge on any atom is 0.185 e. The minimum atomic E-state index is -0.125. The Morgan fingerprint density at radius 2 is 2.10 bits per heavy atom. The Morgan fingerprint density at radius 3 is 2.76 bits per heavy atom. The van der Waals surface area contributed by atoms with E-state index in [2.05, 4.69) is 15.9 Å². The van der Waals surface area contributed by atoms with Crippen molar-refractivity contribution in [2.24, 2.45) is 0 Å². The van der Waals surface area contributed by atoms with Crippen LogP contribution in [0.5, 0.6) is 11.5 Å². The van der Waals surface area contributed by atoms with Gasteiger partial charge in [-0.15, -0.1) is 0 Å². The molecule has 2 aromatic carbocycles. The molecule has 0 aliphatic rings. The van der Waals surface area contributed by atoms with Gasteiger partial charge in [0.25, 0.3) is 0 Å². The van der Waals surface area contributed by atoms with Gasteiger partial charge in [0.2, 0.25) is 0 Å². The number of carbonyl (C=O) groups is 1. The third-order valence-electron chi connectivity index (χ3n) is 2.81. The van der Waals surface area contributed by atoms with Crippen LogP contribution in [0.3, 0.4) is 0 Å². The Kier molecular flexibility index (Phi) is 5.04. The molecule has 108 valence electrons. The summed E-state index contributed by atoms with van der Waals surface area (Å²) in [5, 5.41) is 9.83. The zero-order valence-electron chi connectivity index (χ0n) is 11.1. The van der Waals surface area contributed by atoms with Gasteiger partial charge < -0.3 is 9.84 Å². The van der Waals surface area contributed by atoms with Gasteiger partial charge in [-0.1, -0.05) is 45.7 Å². The summed E-state index contributed by atoms with van der Waals surface area (Å²) in [6.45, 7) is 0. The molecule has 0 bridgehead atoms. The van der Waals surface area contributed by atoms with Crippen LogP contribution in [-0.2, 0) is 0 Å². The maximum atomic E-state index is 12.1. The number of carbonyl (C=O) groups excluding carboxylic acids is 1. The summed E-state index contributed by atoms with van der Waals surface area (Å²) < 4.78 is 5.86. The predicted molar refractivity (Wildman–Crippen MR) is 87.2 cm³/mol. The highest BCUT2D eigenvalue weighted by molar-refractivity contribution is 9.10. The highest BCUT2D eigenvalue weighted by Gasteiger charge is 2.08. The zero-order valence-corrected chi connectivity index (χ0v) is 13.5. The first-order chi connectivity index (χ1) is 10.0. The normalized spacial score (nSPS) is 10.8. The van der Waals surface area contributed by atoms with Crippen molar-refractivity contribution in [1.82, 2.24) is 0 Å². The molecule has 0 atom stereocenters. The summed E-state index contributed by atoms with van der Waals surface area (Å²) in [6.07, 6.45) is 3.07. The van der Waals surface area contributed by atoms with Crippen LogP contribution in [0.25, 0.3) is 6.08 Å². The van der Waals surface area contributed by atoms with Crippen molar-refractivity contribution in [3.8, 4) is 11.5 Å². The summed E-state index contributed by atoms with van der Waals surface area (Å²) >= 11 is 9.22. The molecule has 0 heterocycles. The number of ketones is 1. The first-order valence-corrected chi connectivity index (χ1v) is 7.23. The Labute approximate surface area is 135 Å². The van der Waals surface area contributed by atoms with E-state index in [-0.39, 0.29) is 22.3 Å². The summed E-state index contributed by atoms with van der Waals surface area (Å²) in [4.78, 5) is 12.1. The number of phenolic OH excluding ortho intramolecular Hbond substituents is 1. The molecule has 0 aliphatic carbocycles. The number of rotatable bonds is 4. The van der Waals surface area contributed by atoms with Crippen LogP contribution in [0.15, 0.2) is 46.9 Å². The number of ether oxygens (including phenoxy) is 1. The summed E-state index contributed by atoms with van der Waals surface area (Å²) in [6, 6.07) is 10.3. The van der Waals surface area contributed by atoms with E-state index in [1.54, 1.807) is 36.4 Å². The minimum Gasteiger partial charge on any atom is -0.503 e. The Hall–Kier alpha value is -1.78. The van der Waals surface area contributed by atoms with Crippen LogP contribution in [0, 0.1) is 0 Å². The number of phenols is 1. The van der Waals surface area contributed by atoms with Gasteiger partial charge in [0, 0.05) is 10.0 Å². The van der Waals surface area contributed by atoms with E-state index in [1.807, 2.05) is 6.07 Å². The lowest BCUT2D eigenvalue weighted by Gasteiger charge is -2.06. The molecule has 0 spiro atoms. The first kappa shape index (κ1) is 15.6. The van der Waals surface area contributed by atoms with Crippen LogP contribution >= 0.6 is 27.5 Å². The molecule has 5 heteroatoms. The summed E-state index contributed by atoms with van der Waals surface area (Å²) in [5.74, 6) is 0.0196. The van der Waals surface area contributed by atoms with Gasteiger partial charge in [-0.25, -0.2) is 0 Å². The maximum absolute atomic E-state index is 12.1. The molecule has 0 aromatic heterocycles. The van der Waals surface area contributed by atoms with Crippen molar-refractivity contribution in [3.05, 3.63) is 63.1 Å². The molecule has 1 N–H and O–H groups in total. The van der Waals surface area contributed by atoms with E-state index in [0.717, 1.165) is 4.47 Å². The van der Waals surface area contributed by atoms with Crippen molar-refractivity contribution in [3.63, 3.8) is 0 Å². The quantitative estimate of drug-likeness (QED) is 0.628. The number of halogens is 2. The zero-order chi connectivity index (χ0) is 15.4. The van der Waals surface area contributed by atoms with Crippen LogP contribution in [0.2, 0.25) is 5.02 Å². The molecule has 2 aromatic rings. The third kappa shape index (κ3) is 3.86. The SMILES string of the molecule is COc1cc(/C=C/C(=O)c2cccc(Br)c2)cc(Cl)c1O. The fraction of sp³-hybridized carbons (Fsp3) is 0.0625. The van der Waals surface area contributed by atoms with E-state index in [4.69, 9.17) is 16.3 Å². The van der Waals surface area contributed by atoms with Crippen LogP contribution in [0.1, 0.15) is 15.9 Å². The van der Waals surface area contributed by atoms with E-state index >= 15 is 0 Å². The molecule has 0 fully saturated rings. The monoisotopic (exact) mass is 366 g/mol. The highest BCUT2D eigenvalue weighted by Crippen LogP contribution is 2.35. The van der Waals surface area contributed by atoms with E-state index < -0.39 is 0 Å².